The van der Waals surface area contributed by atoms with E-state index < -0.39 is 22.3 Å². The van der Waals surface area contributed by atoms with Crippen molar-refractivity contribution in [2.75, 3.05) is 23.4 Å². The summed E-state index contributed by atoms with van der Waals surface area (Å²) >= 11 is 11.5. The van der Waals surface area contributed by atoms with Crippen molar-refractivity contribution in [1.82, 2.24) is 4.98 Å². The lowest BCUT2D eigenvalue weighted by Crippen LogP contribution is -2.44. The summed E-state index contributed by atoms with van der Waals surface area (Å²) in [5.41, 5.74) is 0.219. The minimum absolute atomic E-state index is 0.0625. The van der Waals surface area contributed by atoms with Crippen molar-refractivity contribution in [2.45, 2.75) is 20.8 Å². The highest BCUT2D eigenvalue weighted by molar-refractivity contribution is 6.35. The summed E-state index contributed by atoms with van der Waals surface area (Å²) in [7, 11) is 0. The number of carbonyl (C=O) groups is 2. The van der Waals surface area contributed by atoms with Gasteiger partial charge in [0, 0.05) is 11.1 Å². The largest absolute Gasteiger partial charge is 0.490 e. The number of anilines is 2. The van der Waals surface area contributed by atoms with Gasteiger partial charge in [-0.15, -0.1) is 0 Å². The summed E-state index contributed by atoms with van der Waals surface area (Å²) in [6.45, 7) is 6.28. The van der Waals surface area contributed by atoms with Gasteiger partial charge in [0.15, 0.2) is 11.0 Å². The lowest BCUT2D eigenvalue weighted by molar-refractivity contribution is -0.126. The second-order valence-corrected chi connectivity index (χ2v) is 8.01. The topological polar surface area (TPSA) is 71.5 Å². The number of rotatable bonds is 2. The Hall–Kier alpha value is -2.38. The molecule has 0 radical (unpaired) electrons. The summed E-state index contributed by atoms with van der Waals surface area (Å²) in [6.07, 6.45) is 0. The molecule has 0 unspecified atom stereocenters. The zero-order valence-corrected chi connectivity index (χ0v) is 17.0. The fourth-order valence-electron chi connectivity index (χ4n) is 2.71. The molecule has 28 heavy (non-hydrogen) atoms. The molecular weight excluding hydrogens is 408 g/mol. The number of halogens is 3. The molecule has 0 saturated carbocycles. The first-order valence-corrected chi connectivity index (χ1v) is 9.25. The summed E-state index contributed by atoms with van der Waals surface area (Å²) in [5, 5.41) is 2.00. The summed E-state index contributed by atoms with van der Waals surface area (Å²) in [4.78, 5) is 30.5. The van der Waals surface area contributed by atoms with Crippen LogP contribution in [-0.4, -0.2) is 29.9 Å². The van der Waals surface area contributed by atoms with Gasteiger partial charge < -0.3 is 15.0 Å². The highest BCUT2D eigenvalue weighted by atomic mass is 35.5. The fourth-order valence-corrected chi connectivity index (χ4v) is 3.12. The first kappa shape index (κ1) is 20.4. The number of fused-ring (bicyclic) bond motifs is 1. The maximum Gasteiger partial charge on any atom is 0.258 e. The van der Waals surface area contributed by atoms with Crippen LogP contribution in [0.25, 0.3) is 0 Å². The zero-order valence-electron chi connectivity index (χ0n) is 15.5. The van der Waals surface area contributed by atoms with Crippen molar-refractivity contribution < 1.29 is 18.7 Å². The van der Waals surface area contributed by atoms with Crippen molar-refractivity contribution in [1.29, 1.82) is 0 Å². The van der Waals surface area contributed by atoms with E-state index in [1.807, 2.05) is 20.8 Å². The van der Waals surface area contributed by atoms with E-state index in [1.54, 1.807) is 23.1 Å². The summed E-state index contributed by atoms with van der Waals surface area (Å²) in [5.74, 6) is -1.03. The molecule has 148 valence electrons. The van der Waals surface area contributed by atoms with Gasteiger partial charge in [-0.25, -0.2) is 9.37 Å². The standard InChI is InChI=1S/C19H18Cl2FN3O3/c1-19(2,3)18(27)25-6-7-28-14-5-4-10(8-13(14)25)23-17(26)11-9-12(22)16(21)24-15(11)20/h4-5,8-9H,6-7H2,1-3H3,(H,23,26). The molecule has 3 rings (SSSR count). The minimum atomic E-state index is -0.850. The van der Waals surface area contributed by atoms with E-state index in [1.165, 1.54) is 0 Å². The highest BCUT2D eigenvalue weighted by Gasteiger charge is 2.32. The van der Waals surface area contributed by atoms with Gasteiger partial charge in [-0.2, -0.15) is 0 Å². The summed E-state index contributed by atoms with van der Waals surface area (Å²) < 4.78 is 19.2. The number of nitrogens with one attached hydrogen (secondary N) is 1. The minimum Gasteiger partial charge on any atom is -0.490 e. The molecule has 9 heteroatoms. The van der Waals surface area contributed by atoms with Crippen LogP contribution in [0.15, 0.2) is 24.3 Å². The lowest BCUT2D eigenvalue weighted by atomic mass is 9.94. The smallest absolute Gasteiger partial charge is 0.258 e. The molecule has 2 amide bonds. The first-order chi connectivity index (χ1) is 13.1. The van der Waals surface area contributed by atoms with Gasteiger partial charge in [0.25, 0.3) is 5.91 Å². The van der Waals surface area contributed by atoms with Crippen LogP contribution in [0.4, 0.5) is 15.8 Å². The second kappa shape index (κ2) is 7.56. The van der Waals surface area contributed by atoms with E-state index >= 15 is 0 Å². The molecular formula is C19H18Cl2FN3O3. The van der Waals surface area contributed by atoms with Gasteiger partial charge in [-0.1, -0.05) is 44.0 Å². The fraction of sp³-hybridized carbons (Fsp3) is 0.316. The Labute approximate surface area is 171 Å². The van der Waals surface area contributed by atoms with Crippen LogP contribution in [-0.2, 0) is 4.79 Å². The predicted octanol–water partition coefficient (Wildman–Crippen LogP) is 4.55. The van der Waals surface area contributed by atoms with Crippen LogP contribution >= 0.6 is 23.2 Å². The molecule has 2 aromatic rings. The van der Waals surface area contributed by atoms with Crippen LogP contribution < -0.4 is 15.0 Å². The van der Waals surface area contributed by atoms with Crippen LogP contribution in [0.1, 0.15) is 31.1 Å². The number of benzene rings is 1. The third-order valence-electron chi connectivity index (χ3n) is 4.10. The Kier molecular flexibility index (Phi) is 5.50. The number of hydrogen-bond acceptors (Lipinski definition) is 4. The van der Waals surface area contributed by atoms with Gasteiger partial charge in [-0.3, -0.25) is 9.59 Å². The van der Waals surface area contributed by atoms with Crippen molar-refractivity contribution in [2.24, 2.45) is 5.41 Å². The Morgan fingerprint density at radius 2 is 1.93 bits per heavy atom. The number of aromatic nitrogens is 1. The molecule has 1 aromatic carbocycles. The Morgan fingerprint density at radius 1 is 1.21 bits per heavy atom. The maximum atomic E-state index is 13.6. The molecule has 6 nitrogen and oxygen atoms in total. The van der Waals surface area contributed by atoms with Crippen LogP contribution in [0.2, 0.25) is 10.3 Å². The van der Waals surface area contributed by atoms with Crippen LogP contribution in [0.3, 0.4) is 0 Å². The number of ether oxygens (including phenoxy) is 1. The molecule has 1 aliphatic heterocycles. The third kappa shape index (κ3) is 4.05. The van der Waals surface area contributed by atoms with Gasteiger partial charge in [0.1, 0.15) is 17.5 Å². The average Bonchev–Trinajstić information content (AvgIpc) is 2.62. The molecule has 1 N–H and O–H groups in total. The van der Waals surface area contributed by atoms with E-state index in [9.17, 15) is 14.0 Å². The Balaban J connectivity index is 1.90. The quantitative estimate of drug-likeness (QED) is 0.716. The van der Waals surface area contributed by atoms with Gasteiger partial charge in [0.2, 0.25) is 5.91 Å². The van der Waals surface area contributed by atoms with Crippen LogP contribution in [0, 0.1) is 11.2 Å². The SMILES string of the molecule is CC(C)(C)C(=O)N1CCOc2ccc(NC(=O)c3cc(F)c(Cl)nc3Cl)cc21. The van der Waals surface area contributed by atoms with Crippen molar-refractivity contribution in [3.8, 4) is 5.75 Å². The number of nitrogens with zero attached hydrogens (tertiary/aromatic N) is 2. The highest BCUT2D eigenvalue weighted by Crippen LogP contribution is 2.36. The molecule has 0 bridgehead atoms. The monoisotopic (exact) mass is 425 g/mol. The maximum absolute atomic E-state index is 13.6. The van der Waals surface area contributed by atoms with Gasteiger partial charge >= 0.3 is 0 Å². The number of amides is 2. The molecule has 2 heterocycles. The number of pyridine rings is 1. The summed E-state index contributed by atoms with van der Waals surface area (Å²) in [6, 6.07) is 5.83. The number of carbonyl (C=O) groups excluding carboxylic acids is 2. The molecule has 1 aromatic heterocycles. The molecule has 0 fully saturated rings. The van der Waals surface area contributed by atoms with E-state index in [0.717, 1.165) is 6.07 Å². The molecule has 1 aliphatic rings. The van der Waals surface area contributed by atoms with Crippen LogP contribution in [0.5, 0.6) is 5.75 Å². The third-order valence-corrected chi connectivity index (χ3v) is 4.65. The van der Waals surface area contributed by atoms with E-state index in [2.05, 4.69) is 10.3 Å². The average molecular weight is 426 g/mol. The van der Waals surface area contributed by atoms with E-state index in [-0.39, 0.29) is 16.6 Å². The number of hydrogen-bond donors (Lipinski definition) is 1. The normalized spacial score (nSPS) is 13.6. The molecule has 0 saturated heterocycles. The van der Waals surface area contributed by atoms with Crippen molar-refractivity contribution in [3.05, 3.63) is 46.0 Å². The van der Waals surface area contributed by atoms with Gasteiger partial charge in [0.05, 0.1) is 17.8 Å². The van der Waals surface area contributed by atoms with Gasteiger partial charge in [-0.05, 0) is 24.3 Å². The second-order valence-electron chi connectivity index (χ2n) is 7.29. The zero-order chi connectivity index (χ0) is 20.6. The molecule has 0 spiro atoms. The van der Waals surface area contributed by atoms with E-state index in [0.29, 0.717) is 30.3 Å². The lowest BCUT2D eigenvalue weighted by Gasteiger charge is -2.34. The Morgan fingerprint density at radius 3 is 2.61 bits per heavy atom. The first-order valence-electron chi connectivity index (χ1n) is 8.49. The van der Waals surface area contributed by atoms with E-state index in [4.69, 9.17) is 27.9 Å². The predicted molar refractivity (Wildman–Crippen MR) is 106 cm³/mol. The van der Waals surface area contributed by atoms with Crippen molar-refractivity contribution >= 4 is 46.4 Å². The molecule has 0 atom stereocenters. The Bertz CT molecular complexity index is 960. The van der Waals surface area contributed by atoms with Crippen molar-refractivity contribution in [3.63, 3.8) is 0 Å². The molecule has 0 aliphatic carbocycles.